The second kappa shape index (κ2) is 36.3. The zero-order valence-corrected chi connectivity index (χ0v) is 67.2. The average Bonchev–Trinajstić information content (AvgIpc) is 1.54. The van der Waals surface area contributed by atoms with Gasteiger partial charge in [0.15, 0.2) is 9.84 Å². The molecular weight excluding hydrogens is 1750 g/mol. The van der Waals surface area contributed by atoms with Gasteiger partial charge in [0.05, 0.1) is 94.0 Å². The number of hydrogen-bond donors (Lipinski definition) is 4. The summed E-state index contributed by atoms with van der Waals surface area (Å²) in [4.78, 5) is 64.3. The van der Waals surface area contributed by atoms with Crippen LogP contribution in [0.25, 0.3) is 0 Å². The van der Waals surface area contributed by atoms with Crippen LogP contribution in [-0.2, 0) is 41.8 Å². The topological polar surface area (TPSA) is 222 Å². The van der Waals surface area contributed by atoms with Crippen molar-refractivity contribution in [1.29, 1.82) is 0 Å². The third-order valence-corrected chi connectivity index (χ3v) is 27.6. The summed E-state index contributed by atoms with van der Waals surface area (Å²) < 4.78 is 163. The summed E-state index contributed by atoms with van der Waals surface area (Å²) in [6.45, 7) is 3.58. The van der Waals surface area contributed by atoms with Gasteiger partial charge in [-0.05, 0) is 162 Å². The molecule has 3 atom stereocenters. The Balaban J connectivity index is 0.000000195. The van der Waals surface area contributed by atoms with E-state index in [9.17, 15) is 71.3 Å². The van der Waals surface area contributed by atoms with Crippen LogP contribution < -0.4 is 16.0 Å². The van der Waals surface area contributed by atoms with Crippen molar-refractivity contribution in [3.05, 3.63) is 238 Å². The van der Waals surface area contributed by atoms with Crippen LogP contribution in [0.2, 0.25) is 50.2 Å². The summed E-state index contributed by atoms with van der Waals surface area (Å²) >= 11 is 61.2. The van der Waals surface area contributed by atoms with Gasteiger partial charge in [0.1, 0.15) is 16.2 Å². The number of nitrogens with zero attached hydrogens (tertiary/aromatic N) is 3. The number of sulfone groups is 1. The van der Waals surface area contributed by atoms with Crippen LogP contribution >= 0.6 is 128 Å². The van der Waals surface area contributed by atoms with Crippen LogP contribution in [0.4, 0.5) is 39.5 Å². The smallest absolute Gasteiger partial charge is 0.348 e. The van der Waals surface area contributed by atoms with Crippen molar-refractivity contribution in [2.45, 2.75) is 108 Å². The fourth-order valence-electron chi connectivity index (χ4n) is 12.8. The molecule has 0 saturated carbocycles. The van der Waals surface area contributed by atoms with Crippen molar-refractivity contribution < 1.29 is 81.5 Å². The molecule has 13 rings (SSSR count). The Morgan fingerprint density at radius 1 is 0.482 bits per heavy atom. The minimum Gasteiger partial charge on any atom is -0.348 e. The van der Waals surface area contributed by atoms with Gasteiger partial charge in [-0.2, -0.15) is 56.5 Å². The number of nitrogens with one attached hydrogen (secondary N) is 3. The normalized spacial score (nSPS) is 21.1. The number of rotatable bonds is 13. The largest absolute Gasteiger partial charge is 0.400 e. The molecule has 7 aromatic rings. The molecule has 6 heterocycles. The maximum absolute atomic E-state index is 14.3. The Morgan fingerprint density at radius 2 is 0.795 bits per heavy atom. The lowest BCUT2D eigenvalue weighted by atomic mass is 9.76. The van der Waals surface area contributed by atoms with E-state index >= 15 is 0 Å². The van der Waals surface area contributed by atoms with Crippen molar-refractivity contribution >= 4 is 189 Å². The lowest BCUT2D eigenvalue weighted by Gasteiger charge is -2.32. The van der Waals surface area contributed by atoms with Gasteiger partial charge in [0.25, 0.3) is 17.7 Å². The van der Waals surface area contributed by atoms with E-state index < -0.39 is 106 Å². The van der Waals surface area contributed by atoms with Crippen LogP contribution in [0.5, 0.6) is 0 Å². The van der Waals surface area contributed by atoms with Gasteiger partial charge in [-0.3, -0.25) is 38.5 Å². The number of thioether (sulfide) groups is 1. The second-order valence-corrected chi connectivity index (χ2v) is 35.5. The Hall–Kier alpha value is -5.89. The number of benzene rings is 7. The van der Waals surface area contributed by atoms with E-state index in [4.69, 9.17) is 121 Å². The van der Waals surface area contributed by atoms with E-state index in [-0.39, 0.29) is 136 Å². The van der Waals surface area contributed by atoms with Crippen molar-refractivity contribution in [3.63, 3.8) is 0 Å². The Bertz CT molecular complexity index is 5010. The van der Waals surface area contributed by atoms with E-state index in [1.165, 1.54) is 60.7 Å². The predicted molar refractivity (Wildman–Crippen MR) is 430 cm³/mol. The number of aryl methyl sites for hydroxylation is 3. The molecule has 7 aromatic carbocycles. The highest BCUT2D eigenvalue weighted by molar-refractivity contribution is 8.00. The first kappa shape index (κ1) is 91.6. The van der Waals surface area contributed by atoms with Crippen LogP contribution in [0.3, 0.4) is 0 Å². The van der Waals surface area contributed by atoms with Gasteiger partial charge in [-0.25, -0.2) is 13.2 Å². The summed E-state index contributed by atoms with van der Waals surface area (Å²) in [6, 6.07) is 27.3. The maximum Gasteiger partial charge on any atom is 0.400 e. The number of hydrogen-bond acceptors (Lipinski definition) is 13. The molecule has 3 fully saturated rings. The fraction of sp³-hybridized carbons (Fsp3) is 0.347. The van der Waals surface area contributed by atoms with Crippen molar-refractivity contribution in [2.75, 3.05) is 54.2 Å². The van der Waals surface area contributed by atoms with Gasteiger partial charge in [0.2, 0.25) is 0 Å². The minimum absolute atomic E-state index is 0. The molecule has 4 N–H and O–H groups in total. The molecule has 37 heteroatoms. The fourth-order valence-corrected chi connectivity index (χ4v) is 17.7. The molecule has 0 spiro atoms. The molecular formula is C75H67Cl10F9N6O9S3. The molecule has 0 aromatic heterocycles. The summed E-state index contributed by atoms with van der Waals surface area (Å²) in [5.74, 6) is 0.689. The highest BCUT2D eigenvalue weighted by Gasteiger charge is 2.61. The van der Waals surface area contributed by atoms with E-state index in [2.05, 4.69) is 35.8 Å². The average molecular weight is 1820 g/mol. The molecule has 15 nitrogen and oxygen atoms in total. The van der Waals surface area contributed by atoms with Crippen molar-refractivity contribution in [3.8, 4) is 0 Å². The van der Waals surface area contributed by atoms with Gasteiger partial charge >= 0.3 is 24.5 Å². The Kier molecular flexibility index (Phi) is 29.7. The number of alkyl halides is 9. The quantitative estimate of drug-likeness (QED) is 0.0370. The van der Waals surface area contributed by atoms with Crippen molar-refractivity contribution in [1.82, 2.24) is 16.0 Å². The number of halogens is 19. The van der Waals surface area contributed by atoms with E-state index in [0.29, 0.717) is 72.3 Å². The Morgan fingerprint density at radius 3 is 1.05 bits per heavy atom. The molecule has 3 amide bonds. The summed E-state index contributed by atoms with van der Waals surface area (Å²) in [5.41, 5.74) is -1.56. The van der Waals surface area contributed by atoms with Crippen LogP contribution in [0.15, 0.2) is 130 Å². The molecule has 112 heavy (non-hydrogen) atoms. The third kappa shape index (κ3) is 20.0. The third-order valence-electron chi connectivity index (χ3n) is 19.1. The lowest BCUT2D eigenvalue weighted by Crippen LogP contribution is -2.53. The van der Waals surface area contributed by atoms with Gasteiger partial charge in [0, 0.05) is 98.0 Å². The van der Waals surface area contributed by atoms with Gasteiger partial charge < -0.3 is 16.0 Å². The monoisotopic (exact) mass is 1810 g/mol. The zero-order chi connectivity index (χ0) is 80.7. The van der Waals surface area contributed by atoms with Crippen LogP contribution in [0, 0.1) is 20.8 Å². The molecule has 0 aliphatic carbocycles. The van der Waals surface area contributed by atoms with Gasteiger partial charge in [-0.15, -0.1) is 0 Å². The molecule has 602 valence electrons. The van der Waals surface area contributed by atoms with Crippen LogP contribution in [-0.4, -0.2) is 150 Å². The first-order chi connectivity index (χ1) is 51.4. The molecule has 0 radical (unpaired) electrons. The number of carbonyl (C=O) groups is 4. The minimum atomic E-state index is -4.64. The molecule has 0 bridgehead atoms. The van der Waals surface area contributed by atoms with E-state index in [1.807, 2.05) is 0 Å². The predicted octanol–water partition coefficient (Wildman–Crippen LogP) is 20.4. The SMILES string of the molecule is C.C.Cc1cc(C2=NCC(c3cc(Cl)c(Cl)c(Cl)c3)(C(F)(F)F)C2)ccc1C(=O)NC1CS(=O)(=O)C1.Cc1cc(C2=NCC(c3cc(Cl)c(Cl)c(Cl)c3)(C(F)(F)F)C2)ccc1C(=O)NC1CS(=O)C1.Cc1cc(C2=NCC(c3cc(Cl)c(Cl)c(Cl)c3)(C(F)(F)F)C2)ccc1C(=O)NC1CSC1.O=C(OO)c1cccc(Cl)c1. The molecule has 6 aliphatic heterocycles. The first-order valence-electron chi connectivity index (χ1n) is 32.6. The van der Waals surface area contributed by atoms with Gasteiger partial charge in [-0.1, -0.05) is 155 Å². The van der Waals surface area contributed by atoms with E-state index in [0.717, 1.165) is 11.5 Å². The lowest BCUT2D eigenvalue weighted by molar-refractivity contribution is -0.184. The highest BCUT2D eigenvalue weighted by Crippen LogP contribution is 2.53. The molecule has 3 saturated heterocycles. The molecule has 6 aliphatic rings. The van der Waals surface area contributed by atoms with Crippen LogP contribution in [0.1, 0.15) is 126 Å². The Labute approximate surface area is 695 Å². The second-order valence-electron chi connectivity index (χ2n) is 26.7. The maximum atomic E-state index is 14.3. The summed E-state index contributed by atoms with van der Waals surface area (Å²) in [7, 11) is -3.97. The number of amides is 3. The van der Waals surface area contributed by atoms with Crippen molar-refractivity contribution in [2.24, 2.45) is 15.0 Å². The first-order valence-corrected chi connectivity index (χ1v) is 40.9. The standard InChI is InChI=1S/C22H18Cl3F3N2O3S.C22H18Cl3F3N2O2S.C22H18Cl3F3N2OS.C7H5ClO3.2CH4/c1-11-4-12(2-3-15(11)20(31)30-14-8-34(32,33)9-14)18-7-21(10-29-18,22(26,27)28)13-5-16(23)19(25)17(24)6-13;1-11-4-12(2-3-15(11)20(31)30-14-8-33(32)9-14)18-7-21(10-29-18,22(26,27)28)13-5-16(23)19(25)17(24)6-13;1-11-4-12(2-3-15(11)20(31)30-14-8-32-9-14)18-7-21(10-29-18,22(26,27)28)13-5-16(23)19(25)17(24)6-13;8-6-3-1-2-5(4-6)7(9)11-10;;/h2-6,14H,7-10H2,1H3,(H,30,31);2-6,14H,7-10H2,1H3,(H,30,31);2-6,14H,7-10H2,1H3,(H,30,31);1-4,10H;2*1H4. The summed E-state index contributed by atoms with van der Waals surface area (Å²) in [6.07, 6.45) is -15.0. The zero-order valence-electron chi connectivity index (χ0n) is 57.1. The van der Waals surface area contributed by atoms with E-state index in [1.54, 1.807) is 87.1 Å². The summed E-state index contributed by atoms with van der Waals surface area (Å²) in [5, 5.41) is 16.5. The number of carbonyl (C=O) groups excluding carboxylic acids is 4. The highest BCUT2D eigenvalue weighted by atomic mass is 35.5. The molecule has 3 unspecified atom stereocenters. The number of aliphatic imine (C=N–C) groups is 3.